The molecule has 0 saturated carbocycles. The lowest BCUT2D eigenvalue weighted by Gasteiger charge is -2.25. The van der Waals surface area contributed by atoms with Crippen molar-refractivity contribution in [2.75, 3.05) is 0 Å². The molecule has 3 aromatic rings. The number of hydrogen-bond donors (Lipinski definition) is 6. The third-order valence-corrected chi connectivity index (χ3v) is 6.31. The summed E-state index contributed by atoms with van der Waals surface area (Å²) in [6.07, 6.45) is -0.870. The van der Waals surface area contributed by atoms with E-state index in [4.69, 9.17) is 9.15 Å². The maximum atomic E-state index is 13.4. The molecular weight excluding hydrogens is 444 g/mol. The van der Waals surface area contributed by atoms with Crippen molar-refractivity contribution in [1.29, 1.82) is 0 Å². The summed E-state index contributed by atoms with van der Waals surface area (Å²) < 4.78 is 11.2. The first-order valence-corrected chi connectivity index (χ1v) is 10.8. The summed E-state index contributed by atoms with van der Waals surface area (Å²) in [7, 11) is 0. The van der Waals surface area contributed by atoms with Gasteiger partial charge in [0.05, 0.1) is 22.9 Å². The van der Waals surface area contributed by atoms with Crippen molar-refractivity contribution < 1.29 is 39.8 Å². The van der Waals surface area contributed by atoms with Crippen LogP contribution in [0, 0.1) is 0 Å². The van der Waals surface area contributed by atoms with Crippen molar-refractivity contribution >= 4 is 11.0 Å². The summed E-state index contributed by atoms with van der Waals surface area (Å²) in [6.45, 7) is 5.96. The maximum Gasteiger partial charge on any atom is 0.204 e. The Morgan fingerprint density at radius 2 is 1.74 bits per heavy atom. The van der Waals surface area contributed by atoms with E-state index in [1.165, 1.54) is 19.9 Å². The number of phenols is 3. The van der Waals surface area contributed by atoms with Crippen molar-refractivity contribution in [2.45, 2.75) is 63.9 Å². The summed E-state index contributed by atoms with van der Waals surface area (Å²) in [4.78, 5) is 13.4. The van der Waals surface area contributed by atoms with E-state index in [-0.39, 0.29) is 46.3 Å². The zero-order valence-corrected chi connectivity index (χ0v) is 19.3. The Kier molecular flexibility index (Phi) is 5.55. The lowest BCUT2D eigenvalue weighted by Crippen LogP contribution is -2.39. The van der Waals surface area contributed by atoms with Gasteiger partial charge in [0.25, 0.3) is 0 Å². The smallest absolute Gasteiger partial charge is 0.204 e. The average Bonchev–Trinajstić information content (AvgIpc) is 3.17. The quantitative estimate of drug-likeness (QED) is 0.327. The van der Waals surface area contributed by atoms with Gasteiger partial charge in [-0.1, -0.05) is 0 Å². The largest absolute Gasteiger partial charge is 0.507 e. The van der Waals surface area contributed by atoms with Gasteiger partial charge in [-0.3, -0.25) is 4.79 Å². The summed E-state index contributed by atoms with van der Waals surface area (Å²) >= 11 is 0. The third-order valence-electron chi connectivity index (χ3n) is 6.31. The minimum atomic E-state index is -1.51. The van der Waals surface area contributed by atoms with Gasteiger partial charge >= 0.3 is 0 Å². The van der Waals surface area contributed by atoms with Gasteiger partial charge in [0, 0.05) is 35.6 Å². The summed E-state index contributed by atoms with van der Waals surface area (Å²) in [5.74, 6) is -0.791. The normalized spacial score (nSPS) is 17.0. The predicted molar refractivity (Wildman–Crippen MR) is 123 cm³/mol. The van der Waals surface area contributed by atoms with Crippen molar-refractivity contribution in [3.05, 3.63) is 45.8 Å². The van der Waals surface area contributed by atoms with Crippen LogP contribution in [0.3, 0.4) is 0 Å². The van der Waals surface area contributed by atoms with E-state index in [9.17, 15) is 35.4 Å². The molecule has 1 aliphatic heterocycles. The Balaban J connectivity index is 1.84. The molecule has 0 amide bonds. The van der Waals surface area contributed by atoms with Gasteiger partial charge < -0.3 is 39.8 Å². The molecule has 1 aliphatic rings. The number of phenolic OH excluding ortho intramolecular Hbond substituents is 3. The van der Waals surface area contributed by atoms with Crippen molar-refractivity contribution in [2.24, 2.45) is 0 Å². The number of hydrogen-bond acceptors (Lipinski definition) is 9. The third kappa shape index (κ3) is 3.96. The Bertz CT molecular complexity index is 1330. The molecule has 2 aromatic carbocycles. The van der Waals surface area contributed by atoms with Crippen LogP contribution in [0.4, 0.5) is 0 Å². The van der Waals surface area contributed by atoms with Crippen LogP contribution in [0.25, 0.3) is 22.1 Å². The highest BCUT2D eigenvalue weighted by Crippen LogP contribution is 2.44. The Morgan fingerprint density at radius 3 is 2.35 bits per heavy atom. The second kappa shape index (κ2) is 7.90. The van der Waals surface area contributed by atoms with E-state index in [1.807, 2.05) is 0 Å². The molecule has 4 rings (SSSR count). The zero-order valence-electron chi connectivity index (χ0n) is 19.3. The molecule has 0 unspecified atom stereocenters. The van der Waals surface area contributed by atoms with Crippen LogP contribution < -0.4 is 10.2 Å². The number of benzene rings is 2. The zero-order chi connectivity index (χ0) is 25.2. The van der Waals surface area contributed by atoms with E-state index in [0.717, 1.165) is 12.3 Å². The lowest BCUT2D eigenvalue weighted by molar-refractivity contribution is -0.0472. The molecule has 2 atom stereocenters. The molecule has 0 saturated heterocycles. The number of ether oxygens (including phenoxy) is 1. The number of aliphatic hydroxyl groups is 3. The first-order valence-electron chi connectivity index (χ1n) is 10.8. The molecule has 0 spiro atoms. The SMILES string of the molecule is CC(C)(O)[C@H](O)Cc1c(O)cc2occ(-c3ccc4c(c3O)C[C@@H](C(C)(C)O)O4)c(=O)c2c1O. The fraction of sp³-hybridized carbons (Fsp3) is 0.400. The van der Waals surface area contributed by atoms with E-state index in [2.05, 4.69) is 0 Å². The van der Waals surface area contributed by atoms with Gasteiger partial charge in [0.1, 0.15) is 46.3 Å². The second-order valence-electron chi connectivity index (χ2n) is 9.85. The molecule has 182 valence electrons. The van der Waals surface area contributed by atoms with Crippen molar-refractivity contribution in [3.63, 3.8) is 0 Å². The number of fused-ring (bicyclic) bond motifs is 2. The standard InChI is InChI=1S/C25H28O9/c1-24(2,31)18(27)7-12-15(26)9-17-20(22(12)29)23(30)14(10-33-17)11-5-6-16-13(21(11)28)8-19(34-16)25(3,4)32/h5-6,9-10,18-19,26-29,31-32H,7-8H2,1-4H3/t18-,19+/m1/s1. The van der Waals surface area contributed by atoms with Gasteiger partial charge in [-0.2, -0.15) is 0 Å². The Morgan fingerprint density at radius 1 is 1.06 bits per heavy atom. The molecule has 1 aromatic heterocycles. The molecule has 0 radical (unpaired) electrons. The number of aromatic hydroxyl groups is 3. The molecule has 0 aliphatic carbocycles. The van der Waals surface area contributed by atoms with E-state index in [0.29, 0.717) is 11.3 Å². The lowest BCUT2D eigenvalue weighted by atomic mass is 9.92. The Labute approximate surface area is 195 Å². The summed E-state index contributed by atoms with van der Waals surface area (Å²) in [5, 5.41) is 62.3. The minimum absolute atomic E-state index is 0.0329. The highest BCUT2D eigenvalue weighted by molar-refractivity contribution is 5.90. The van der Waals surface area contributed by atoms with Crippen LogP contribution in [0.5, 0.6) is 23.0 Å². The highest BCUT2D eigenvalue weighted by atomic mass is 16.5. The minimum Gasteiger partial charge on any atom is -0.507 e. The fourth-order valence-electron chi connectivity index (χ4n) is 4.04. The van der Waals surface area contributed by atoms with Crippen molar-refractivity contribution in [1.82, 2.24) is 0 Å². The molecule has 9 heteroatoms. The predicted octanol–water partition coefficient (Wildman–Crippen LogP) is 2.33. The first kappa shape index (κ1) is 23.9. The van der Waals surface area contributed by atoms with E-state index >= 15 is 0 Å². The van der Waals surface area contributed by atoms with Gasteiger partial charge in [0.2, 0.25) is 5.43 Å². The van der Waals surface area contributed by atoms with Crippen LogP contribution in [0.1, 0.15) is 38.8 Å². The van der Waals surface area contributed by atoms with E-state index in [1.54, 1.807) is 19.9 Å². The van der Waals surface area contributed by atoms with Gasteiger partial charge in [-0.25, -0.2) is 0 Å². The topological polar surface area (TPSA) is 161 Å². The molecule has 6 N–H and O–H groups in total. The average molecular weight is 472 g/mol. The second-order valence-corrected chi connectivity index (χ2v) is 9.85. The molecule has 0 fully saturated rings. The molecule has 2 heterocycles. The maximum absolute atomic E-state index is 13.4. The number of aliphatic hydroxyl groups excluding tert-OH is 1. The Hall–Kier alpha value is -3.27. The van der Waals surface area contributed by atoms with Gasteiger partial charge in [0.15, 0.2) is 0 Å². The van der Waals surface area contributed by atoms with Gasteiger partial charge in [-0.15, -0.1) is 0 Å². The summed E-state index contributed by atoms with van der Waals surface area (Å²) in [5.41, 5.74) is -2.97. The summed E-state index contributed by atoms with van der Waals surface area (Å²) in [6, 6.07) is 4.22. The first-order chi connectivity index (χ1) is 15.7. The van der Waals surface area contributed by atoms with Crippen LogP contribution in [0.15, 0.2) is 33.7 Å². The molecule has 0 bridgehead atoms. The van der Waals surface area contributed by atoms with Gasteiger partial charge in [-0.05, 0) is 39.8 Å². The van der Waals surface area contributed by atoms with E-state index < -0.39 is 40.3 Å². The van der Waals surface area contributed by atoms with Crippen LogP contribution in [0.2, 0.25) is 0 Å². The van der Waals surface area contributed by atoms with Crippen LogP contribution in [-0.2, 0) is 12.8 Å². The molecule has 34 heavy (non-hydrogen) atoms. The van der Waals surface area contributed by atoms with Crippen LogP contribution >= 0.6 is 0 Å². The molecule has 9 nitrogen and oxygen atoms in total. The number of rotatable bonds is 5. The van der Waals surface area contributed by atoms with Crippen molar-refractivity contribution in [3.8, 4) is 34.1 Å². The molecular formula is C25H28O9. The van der Waals surface area contributed by atoms with Crippen LogP contribution in [-0.4, -0.2) is 54.0 Å². The fourth-order valence-corrected chi connectivity index (χ4v) is 4.04. The monoisotopic (exact) mass is 472 g/mol. The highest BCUT2D eigenvalue weighted by Gasteiger charge is 2.37.